The third kappa shape index (κ3) is 2.11. The number of nitrogens with two attached hydrogens (primary N) is 1. The maximum Gasteiger partial charge on any atom is 0.146 e. The zero-order chi connectivity index (χ0) is 13.4. The van der Waals surface area contributed by atoms with Gasteiger partial charge in [0, 0.05) is 12.6 Å². The molecule has 0 radical (unpaired) electrons. The zero-order valence-corrected chi connectivity index (χ0v) is 10.8. The number of hydrogen-bond acceptors (Lipinski definition) is 7. The van der Waals surface area contributed by atoms with Crippen molar-refractivity contribution in [2.45, 2.75) is 29.9 Å². The number of hydrogen-bond donors (Lipinski definition) is 3. The van der Waals surface area contributed by atoms with Gasteiger partial charge >= 0.3 is 0 Å². The molecule has 7 nitrogen and oxygen atoms in total. The lowest BCUT2D eigenvalue weighted by atomic mass is 10.2. The van der Waals surface area contributed by atoms with Gasteiger partial charge in [-0.25, -0.2) is 9.97 Å². The fourth-order valence-electron chi connectivity index (χ4n) is 2.32. The molecule has 0 unspecified atom stereocenters. The van der Waals surface area contributed by atoms with Gasteiger partial charge in [-0.1, -0.05) is 0 Å². The lowest BCUT2D eigenvalue weighted by molar-refractivity contribution is -0.0430. The van der Waals surface area contributed by atoms with Crippen LogP contribution >= 0.6 is 11.9 Å². The Morgan fingerprint density at radius 3 is 3.05 bits per heavy atom. The Morgan fingerprint density at radius 1 is 1.53 bits per heavy atom. The van der Waals surface area contributed by atoms with Gasteiger partial charge in [0.2, 0.25) is 0 Å². The fourth-order valence-corrected chi connectivity index (χ4v) is 2.72. The molecule has 0 aliphatic carbocycles. The van der Waals surface area contributed by atoms with E-state index >= 15 is 0 Å². The Hall–Kier alpha value is -1.19. The van der Waals surface area contributed by atoms with E-state index in [9.17, 15) is 5.11 Å². The van der Waals surface area contributed by atoms with Crippen LogP contribution in [-0.2, 0) is 4.74 Å². The molecule has 3 atom stereocenters. The highest BCUT2D eigenvalue weighted by molar-refractivity contribution is 7.97. The Kier molecular flexibility index (Phi) is 3.42. The summed E-state index contributed by atoms with van der Waals surface area (Å²) in [7, 11) is 0. The van der Waals surface area contributed by atoms with Gasteiger partial charge in [-0.15, -0.1) is 0 Å². The van der Waals surface area contributed by atoms with Crippen LogP contribution in [0.25, 0.3) is 11.0 Å². The van der Waals surface area contributed by atoms with Crippen molar-refractivity contribution in [1.82, 2.24) is 14.5 Å². The van der Waals surface area contributed by atoms with Gasteiger partial charge in [0.1, 0.15) is 29.3 Å². The molecule has 0 saturated carbocycles. The second-order valence-corrected chi connectivity index (χ2v) is 4.99. The molecule has 4 N–H and O–H groups in total. The SMILES string of the molecule is NSc1ncnc2c1ccn2[C@@H]1C[C@H](O)[C@@H](CO)O1. The molecule has 1 aliphatic rings. The lowest BCUT2D eigenvalue weighted by Crippen LogP contribution is -2.24. The molecule has 1 aliphatic heterocycles. The van der Waals surface area contributed by atoms with Crippen molar-refractivity contribution in [1.29, 1.82) is 0 Å². The van der Waals surface area contributed by atoms with E-state index in [-0.39, 0.29) is 12.8 Å². The highest BCUT2D eigenvalue weighted by atomic mass is 32.2. The Balaban J connectivity index is 1.98. The van der Waals surface area contributed by atoms with Gasteiger partial charge in [-0.3, -0.25) is 5.14 Å². The first-order valence-electron chi connectivity index (χ1n) is 5.87. The van der Waals surface area contributed by atoms with E-state index in [1.807, 2.05) is 16.8 Å². The van der Waals surface area contributed by atoms with Crippen molar-refractivity contribution < 1.29 is 14.9 Å². The molecule has 3 rings (SSSR count). The second-order valence-electron chi connectivity index (χ2n) is 4.37. The monoisotopic (exact) mass is 282 g/mol. The number of rotatable bonds is 3. The van der Waals surface area contributed by atoms with Crippen LogP contribution in [-0.4, -0.2) is 43.6 Å². The van der Waals surface area contributed by atoms with Gasteiger partial charge in [-0.2, -0.15) is 0 Å². The van der Waals surface area contributed by atoms with Gasteiger partial charge in [0.15, 0.2) is 0 Å². The van der Waals surface area contributed by atoms with Crippen LogP contribution in [0.3, 0.4) is 0 Å². The predicted octanol–water partition coefficient (Wildman–Crippen LogP) is 0.0378. The van der Waals surface area contributed by atoms with E-state index in [0.717, 1.165) is 17.3 Å². The quantitative estimate of drug-likeness (QED) is 0.539. The summed E-state index contributed by atoms with van der Waals surface area (Å²) in [5, 5.41) is 26.0. The molecule has 1 fully saturated rings. The number of fused-ring (bicyclic) bond motifs is 1. The highest BCUT2D eigenvalue weighted by Gasteiger charge is 2.35. The van der Waals surface area contributed by atoms with Crippen molar-refractivity contribution in [2.75, 3.05) is 6.61 Å². The largest absolute Gasteiger partial charge is 0.394 e. The minimum Gasteiger partial charge on any atom is -0.394 e. The first-order chi connectivity index (χ1) is 9.24. The first kappa shape index (κ1) is 12.8. The average molecular weight is 282 g/mol. The van der Waals surface area contributed by atoms with Crippen LogP contribution in [0.4, 0.5) is 0 Å². The van der Waals surface area contributed by atoms with E-state index in [1.54, 1.807) is 0 Å². The van der Waals surface area contributed by atoms with Crippen molar-refractivity contribution in [3.05, 3.63) is 18.6 Å². The number of ether oxygens (including phenoxy) is 1. The van der Waals surface area contributed by atoms with Gasteiger partial charge in [-0.05, 0) is 18.0 Å². The van der Waals surface area contributed by atoms with Crippen LogP contribution in [0.15, 0.2) is 23.6 Å². The summed E-state index contributed by atoms with van der Waals surface area (Å²) in [5.74, 6) is 0. The summed E-state index contributed by atoms with van der Waals surface area (Å²) in [5.41, 5.74) is 0.707. The summed E-state index contributed by atoms with van der Waals surface area (Å²) in [4.78, 5) is 8.32. The third-order valence-corrected chi connectivity index (χ3v) is 3.83. The van der Waals surface area contributed by atoms with E-state index in [0.29, 0.717) is 17.1 Å². The minimum absolute atomic E-state index is 0.199. The van der Waals surface area contributed by atoms with Crippen LogP contribution in [0.2, 0.25) is 0 Å². The summed E-state index contributed by atoms with van der Waals surface area (Å²) in [6.45, 7) is -0.199. The number of aliphatic hydroxyl groups excluding tert-OH is 2. The average Bonchev–Trinajstić information content (AvgIpc) is 3.01. The van der Waals surface area contributed by atoms with Crippen LogP contribution in [0.5, 0.6) is 0 Å². The van der Waals surface area contributed by atoms with E-state index in [1.165, 1.54) is 6.33 Å². The van der Waals surface area contributed by atoms with Gasteiger partial charge in [0.05, 0.1) is 18.1 Å². The Labute approximate surface area is 113 Å². The second kappa shape index (κ2) is 5.06. The topological polar surface area (TPSA) is 106 Å². The number of nitrogens with zero attached hydrogens (tertiary/aromatic N) is 3. The van der Waals surface area contributed by atoms with Crippen molar-refractivity contribution >= 4 is 23.0 Å². The van der Waals surface area contributed by atoms with Crippen molar-refractivity contribution in [3.63, 3.8) is 0 Å². The Bertz CT molecular complexity index is 590. The molecule has 2 aromatic heterocycles. The molecule has 0 amide bonds. The highest BCUT2D eigenvalue weighted by Crippen LogP contribution is 2.32. The minimum atomic E-state index is -0.669. The molecular weight excluding hydrogens is 268 g/mol. The van der Waals surface area contributed by atoms with Crippen molar-refractivity contribution in [3.8, 4) is 0 Å². The normalized spacial score (nSPS) is 27.2. The molecule has 0 aromatic carbocycles. The Morgan fingerprint density at radius 2 is 2.37 bits per heavy atom. The smallest absolute Gasteiger partial charge is 0.146 e. The molecule has 1 saturated heterocycles. The predicted molar refractivity (Wildman–Crippen MR) is 69.2 cm³/mol. The third-order valence-electron chi connectivity index (χ3n) is 3.28. The molecule has 0 bridgehead atoms. The summed E-state index contributed by atoms with van der Waals surface area (Å²) >= 11 is 1.07. The number of aliphatic hydroxyl groups is 2. The van der Waals surface area contributed by atoms with Crippen LogP contribution in [0, 0.1) is 0 Å². The number of aromatic nitrogens is 3. The molecular formula is C11H14N4O3S. The zero-order valence-electron chi connectivity index (χ0n) is 10.0. The lowest BCUT2D eigenvalue weighted by Gasteiger charge is -2.14. The first-order valence-corrected chi connectivity index (χ1v) is 6.75. The van der Waals surface area contributed by atoms with Crippen molar-refractivity contribution in [2.24, 2.45) is 5.14 Å². The molecule has 102 valence electrons. The van der Waals surface area contributed by atoms with Crippen LogP contribution < -0.4 is 5.14 Å². The molecule has 8 heteroatoms. The maximum absolute atomic E-state index is 9.78. The van der Waals surface area contributed by atoms with E-state index in [4.69, 9.17) is 15.0 Å². The van der Waals surface area contributed by atoms with Crippen LogP contribution in [0.1, 0.15) is 12.6 Å². The summed E-state index contributed by atoms with van der Waals surface area (Å²) in [6, 6.07) is 1.87. The summed E-state index contributed by atoms with van der Waals surface area (Å²) < 4.78 is 7.44. The molecule has 3 heterocycles. The molecule has 0 spiro atoms. The van der Waals surface area contributed by atoms with E-state index < -0.39 is 12.2 Å². The maximum atomic E-state index is 9.78. The summed E-state index contributed by atoms with van der Waals surface area (Å²) in [6.07, 6.45) is 2.14. The molecule has 19 heavy (non-hydrogen) atoms. The van der Waals surface area contributed by atoms with Gasteiger partial charge < -0.3 is 19.5 Å². The van der Waals surface area contributed by atoms with Gasteiger partial charge in [0.25, 0.3) is 0 Å². The van der Waals surface area contributed by atoms with E-state index in [2.05, 4.69) is 9.97 Å². The standard InChI is InChI=1S/C11H14N4O3S/c12-19-11-6-1-2-15(10(6)13-5-14-11)9-3-7(17)8(4-16)18-9/h1-2,5,7-9,16-17H,3-4,12H2/t7-,8+,9-/m0/s1. The fraction of sp³-hybridized carbons (Fsp3) is 0.455. The molecule has 2 aromatic rings.